The standard InChI is InChI=1S/C14H18F3N.H3NO2S/c1-12(2)13(3,9-14(15,16)17)10-7-5-6-8-11(10)18(12)4;1-4(2)3/h5-8H,9H2,1-4H3;1H2,(H,2,3)/p-1. The van der Waals surface area contributed by atoms with Gasteiger partial charge in [0, 0.05) is 35.0 Å². The molecule has 1 aromatic carbocycles. The number of fused-ring (bicyclic) bond motifs is 1. The second-order valence-electron chi connectivity index (χ2n) is 6.02. The van der Waals surface area contributed by atoms with Crippen molar-refractivity contribution in [3.8, 4) is 0 Å². The normalized spacial score (nSPS) is 24.3. The topological polar surface area (TPSA) is 69.4 Å². The molecule has 8 heteroatoms. The molecular formula is C14H20F3N2O2S-. The number of nitrogens with two attached hydrogens (primary N) is 1. The van der Waals surface area contributed by atoms with Gasteiger partial charge < -0.3 is 9.45 Å². The second-order valence-corrected chi connectivity index (χ2v) is 6.54. The lowest BCUT2D eigenvalue weighted by Gasteiger charge is -2.43. The van der Waals surface area contributed by atoms with Crippen LogP contribution in [0.5, 0.6) is 0 Å². The zero-order valence-electron chi connectivity index (χ0n) is 12.9. The van der Waals surface area contributed by atoms with Crippen LogP contribution in [0.1, 0.15) is 32.8 Å². The fourth-order valence-corrected chi connectivity index (χ4v) is 2.95. The van der Waals surface area contributed by atoms with Crippen LogP contribution in [0.4, 0.5) is 18.9 Å². The van der Waals surface area contributed by atoms with E-state index >= 15 is 0 Å². The van der Waals surface area contributed by atoms with Crippen LogP contribution in [0.25, 0.3) is 0 Å². The van der Waals surface area contributed by atoms with Crippen LogP contribution in [-0.4, -0.2) is 27.5 Å². The van der Waals surface area contributed by atoms with Crippen molar-refractivity contribution in [3.63, 3.8) is 0 Å². The van der Waals surface area contributed by atoms with Crippen molar-refractivity contribution in [2.45, 2.75) is 44.3 Å². The van der Waals surface area contributed by atoms with Crippen molar-refractivity contribution in [2.75, 3.05) is 11.9 Å². The van der Waals surface area contributed by atoms with Gasteiger partial charge in [0.25, 0.3) is 0 Å². The number of likely N-dealkylation sites (N-methyl/N-ethyl adjacent to an activating group) is 1. The molecule has 0 aromatic heterocycles. The highest BCUT2D eigenvalue weighted by Gasteiger charge is 2.56. The molecule has 2 rings (SSSR count). The molecule has 4 nitrogen and oxygen atoms in total. The SMILES string of the molecule is CN1c2ccccc2C(C)(CC(F)(F)F)C1(C)C.NS(=O)[O-]. The van der Waals surface area contributed by atoms with Gasteiger partial charge in [0.1, 0.15) is 0 Å². The van der Waals surface area contributed by atoms with Crippen molar-refractivity contribution in [1.82, 2.24) is 0 Å². The molecule has 126 valence electrons. The molecule has 0 aliphatic carbocycles. The maximum absolute atomic E-state index is 12.9. The third-order valence-corrected chi connectivity index (χ3v) is 4.60. The molecular weight excluding hydrogens is 317 g/mol. The van der Waals surface area contributed by atoms with Crippen molar-refractivity contribution >= 4 is 17.0 Å². The summed E-state index contributed by atoms with van der Waals surface area (Å²) in [6.07, 6.45) is -4.96. The summed E-state index contributed by atoms with van der Waals surface area (Å²) in [5.41, 5.74) is 0.201. The van der Waals surface area contributed by atoms with Gasteiger partial charge in [0.15, 0.2) is 0 Å². The van der Waals surface area contributed by atoms with Crippen molar-refractivity contribution in [1.29, 1.82) is 0 Å². The van der Waals surface area contributed by atoms with Crippen molar-refractivity contribution in [2.24, 2.45) is 5.14 Å². The highest BCUT2D eigenvalue weighted by Crippen LogP contribution is 2.54. The molecule has 0 amide bonds. The van der Waals surface area contributed by atoms with Crippen LogP contribution < -0.4 is 10.0 Å². The first kappa shape index (κ1) is 18.9. The third kappa shape index (κ3) is 3.61. The third-order valence-electron chi connectivity index (χ3n) is 4.60. The minimum absolute atomic E-state index is 0.563. The molecule has 0 fully saturated rings. The number of hydrogen-bond donors (Lipinski definition) is 1. The van der Waals surface area contributed by atoms with Crippen molar-refractivity contribution in [3.05, 3.63) is 29.8 Å². The lowest BCUT2D eigenvalue weighted by Crippen LogP contribution is -2.52. The van der Waals surface area contributed by atoms with Gasteiger partial charge in [0.05, 0.1) is 6.42 Å². The van der Waals surface area contributed by atoms with E-state index in [4.69, 9.17) is 8.76 Å². The van der Waals surface area contributed by atoms with E-state index in [0.29, 0.717) is 0 Å². The molecule has 2 unspecified atom stereocenters. The van der Waals surface area contributed by atoms with E-state index in [1.807, 2.05) is 50.1 Å². The minimum Gasteiger partial charge on any atom is -0.760 e. The summed E-state index contributed by atoms with van der Waals surface area (Å²) in [7, 11) is 1.86. The summed E-state index contributed by atoms with van der Waals surface area (Å²) in [6, 6.07) is 7.37. The number of anilines is 1. The number of hydrogen-bond acceptors (Lipinski definition) is 3. The van der Waals surface area contributed by atoms with E-state index in [0.717, 1.165) is 11.3 Å². The highest BCUT2D eigenvalue weighted by atomic mass is 32.2. The van der Waals surface area contributed by atoms with Gasteiger partial charge in [0.2, 0.25) is 0 Å². The van der Waals surface area contributed by atoms with Crippen LogP contribution in [-0.2, 0) is 16.7 Å². The predicted octanol–water partition coefficient (Wildman–Crippen LogP) is 2.86. The fourth-order valence-electron chi connectivity index (χ4n) is 2.95. The van der Waals surface area contributed by atoms with Gasteiger partial charge >= 0.3 is 6.18 Å². The Labute approximate surface area is 130 Å². The number of para-hydroxylation sites is 1. The smallest absolute Gasteiger partial charge is 0.390 e. The summed E-state index contributed by atoms with van der Waals surface area (Å²) in [5, 5.41) is 4.03. The molecule has 1 aliphatic heterocycles. The quantitative estimate of drug-likeness (QED) is 0.801. The van der Waals surface area contributed by atoms with Crippen LogP contribution in [0, 0.1) is 0 Å². The molecule has 1 aromatic rings. The molecule has 1 aliphatic rings. The maximum Gasteiger partial charge on any atom is 0.390 e. The lowest BCUT2D eigenvalue weighted by molar-refractivity contribution is -0.151. The van der Waals surface area contributed by atoms with E-state index in [1.165, 1.54) is 0 Å². The largest absolute Gasteiger partial charge is 0.760 e. The Bertz CT molecular complexity index is 559. The molecule has 0 spiro atoms. The van der Waals surface area contributed by atoms with Gasteiger partial charge in [-0.05, 0) is 25.5 Å². The van der Waals surface area contributed by atoms with Crippen molar-refractivity contribution < 1.29 is 21.9 Å². The van der Waals surface area contributed by atoms with E-state index in [2.05, 4.69) is 5.14 Å². The van der Waals surface area contributed by atoms with Gasteiger partial charge in [-0.25, -0.2) is 0 Å². The Morgan fingerprint density at radius 3 is 2.18 bits per heavy atom. The predicted molar refractivity (Wildman–Crippen MR) is 80.1 cm³/mol. The summed E-state index contributed by atoms with van der Waals surface area (Å²) in [5.74, 6) is 0. The molecule has 0 saturated carbocycles. The molecule has 2 N–H and O–H groups in total. The van der Waals surface area contributed by atoms with E-state index in [-0.39, 0.29) is 0 Å². The van der Waals surface area contributed by atoms with Crippen LogP contribution in [0.15, 0.2) is 24.3 Å². The molecule has 22 heavy (non-hydrogen) atoms. The number of halogens is 3. The Balaban J connectivity index is 0.000000541. The maximum atomic E-state index is 12.9. The van der Waals surface area contributed by atoms with Gasteiger partial charge in [-0.2, -0.15) is 13.2 Å². The van der Waals surface area contributed by atoms with Gasteiger partial charge in [-0.1, -0.05) is 25.1 Å². The monoisotopic (exact) mass is 337 g/mol. The Morgan fingerprint density at radius 2 is 1.73 bits per heavy atom. The second kappa shape index (κ2) is 6.17. The summed E-state index contributed by atoms with van der Waals surface area (Å²) >= 11 is -2.36. The first-order valence-corrected chi connectivity index (χ1v) is 7.70. The number of alkyl halides is 3. The van der Waals surface area contributed by atoms with Gasteiger partial charge in [-0.3, -0.25) is 9.35 Å². The molecule has 2 atom stereocenters. The van der Waals surface area contributed by atoms with Crippen LogP contribution in [0.3, 0.4) is 0 Å². The van der Waals surface area contributed by atoms with Gasteiger partial charge in [-0.15, -0.1) is 0 Å². The van der Waals surface area contributed by atoms with Crippen LogP contribution in [0.2, 0.25) is 0 Å². The zero-order valence-corrected chi connectivity index (χ0v) is 13.7. The summed E-state index contributed by atoms with van der Waals surface area (Å²) in [4.78, 5) is 1.95. The molecule has 0 bridgehead atoms. The Hall–Kier alpha value is -1.12. The minimum atomic E-state index is -4.16. The van der Waals surface area contributed by atoms with E-state index in [9.17, 15) is 13.2 Å². The number of benzene rings is 1. The Morgan fingerprint density at radius 1 is 1.27 bits per heavy atom. The lowest BCUT2D eigenvalue weighted by atomic mass is 9.68. The number of nitrogens with zero attached hydrogens (tertiary/aromatic N) is 1. The zero-order chi connectivity index (χ0) is 17.3. The average molecular weight is 337 g/mol. The average Bonchev–Trinajstić information content (AvgIpc) is 2.47. The Kier molecular flexibility index (Phi) is 5.31. The van der Waals surface area contributed by atoms with E-state index in [1.54, 1.807) is 6.92 Å². The number of rotatable bonds is 1. The molecule has 0 saturated heterocycles. The van der Waals surface area contributed by atoms with E-state index < -0.39 is 34.8 Å². The molecule has 0 radical (unpaired) electrons. The first-order valence-electron chi connectivity index (χ1n) is 6.56. The molecule has 1 heterocycles. The summed E-state index contributed by atoms with van der Waals surface area (Å²) in [6.45, 7) is 5.46. The highest BCUT2D eigenvalue weighted by molar-refractivity contribution is 7.76. The fraction of sp³-hybridized carbons (Fsp3) is 0.571. The summed E-state index contributed by atoms with van der Waals surface area (Å²) < 4.78 is 56.3. The van der Waals surface area contributed by atoms with Crippen LogP contribution >= 0.6 is 0 Å². The first-order chi connectivity index (χ1) is 9.83.